The van der Waals surface area contributed by atoms with Crippen LogP contribution < -0.4 is 14.8 Å². The highest BCUT2D eigenvalue weighted by Gasteiger charge is 2.15. The number of hydrogen-bond acceptors (Lipinski definition) is 7. The molecule has 8 nitrogen and oxygen atoms in total. The molecule has 0 aliphatic heterocycles. The second-order valence-electron chi connectivity index (χ2n) is 6.69. The van der Waals surface area contributed by atoms with Crippen LogP contribution in [0.4, 0.5) is 5.13 Å². The molecule has 0 aliphatic rings. The number of aromatic nitrogens is 4. The number of hydrogen-bond donors (Lipinski definition) is 1. The Morgan fingerprint density at radius 3 is 2.67 bits per heavy atom. The van der Waals surface area contributed by atoms with Gasteiger partial charge in [0.1, 0.15) is 11.5 Å². The van der Waals surface area contributed by atoms with Crippen molar-refractivity contribution in [2.45, 2.75) is 20.8 Å². The molecule has 1 N–H and O–H groups in total. The van der Waals surface area contributed by atoms with Gasteiger partial charge in [0.15, 0.2) is 12.4 Å². The van der Waals surface area contributed by atoms with E-state index in [1.807, 2.05) is 63.2 Å². The first-order chi connectivity index (χ1) is 14.5. The average Bonchev–Trinajstić information content (AvgIpc) is 3.30. The highest BCUT2D eigenvalue weighted by molar-refractivity contribution is 7.20. The van der Waals surface area contributed by atoms with Gasteiger partial charge in [0.2, 0.25) is 10.1 Å². The summed E-state index contributed by atoms with van der Waals surface area (Å²) in [5.74, 6) is 1.79. The first kappa shape index (κ1) is 19.8. The number of anilines is 1. The largest absolute Gasteiger partial charge is 0.494 e. The van der Waals surface area contributed by atoms with E-state index in [1.165, 1.54) is 11.3 Å². The summed E-state index contributed by atoms with van der Waals surface area (Å²) in [5, 5.41) is 16.0. The van der Waals surface area contributed by atoms with E-state index in [1.54, 1.807) is 4.52 Å². The van der Waals surface area contributed by atoms with E-state index in [4.69, 9.17) is 9.47 Å². The normalized spacial score (nSPS) is 10.9. The van der Waals surface area contributed by atoms with Gasteiger partial charge in [0.25, 0.3) is 5.91 Å². The lowest BCUT2D eigenvalue weighted by Crippen LogP contribution is -2.20. The van der Waals surface area contributed by atoms with Crippen molar-refractivity contribution in [2.24, 2.45) is 0 Å². The highest BCUT2D eigenvalue weighted by atomic mass is 32.1. The number of aryl methyl sites for hydroxylation is 2. The van der Waals surface area contributed by atoms with E-state index < -0.39 is 0 Å². The molecular weight excluding hydrogens is 402 g/mol. The van der Waals surface area contributed by atoms with E-state index in [0.717, 1.165) is 22.4 Å². The van der Waals surface area contributed by atoms with Gasteiger partial charge in [-0.3, -0.25) is 10.1 Å². The molecule has 1 amide bonds. The minimum atomic E-state index is -0.288. The molecule has 0 unspecified atom stereocenters. The summed E-state index contributed by atoms with van der Waals surface area (Å²) in [7, 11) is 0. The van der Waals surface area contributed by atoms with Gasteiger partial charge >= 0.3 is 0 Å². The summed E-state index contributed by atoms with van der Waals surface area (Å²) in [4.78, 5) is 12.9. The Labute approximate surface area is 177 Å². The summed E-state index contributed by atoms with van der Waals surface area (Å²) in [6.07, 6.45) is 0. The Morgan fingerprint density at radius 2 is 1.90 bits per heavy atom. The third-order valence-corrected chi connectivity index (χ3v) is 5.18. The van der Waals surface area contributed by atoms with Crippen molar-refractivity contribution in [1.82, 2.24) is 19.8 Å². The van der Waals surface area contributed by atoms with Gasteiger partial charge in [-0.05, 0) is 62.2 Å². The quantitative estimate of drug-likeness (QED) is 0.485. The van der Waals surface area contributed by atoms with Crippen LogP contribution in [0.25, 0.3) is 16.3 Å². The van der Waals surface area contributed by atoms with Crippen LogP contribution in [-0.4, -0.2) is 38.9 Å². The zero-order chi connectivity index (χ0) is 21.1. The fourth-order valence-corrected chi connectivity index (χ4v) is 3.63. The number of fused-ring (bicyclic) bond motifs is 1. The number of nitrogens with one attached hydrogen (secondary N) is 1. The second kappa shape index (κ2) is 8.50. The molecule has 4 aromatic rings. The number of benzene rings is 2. The van der Waals surface area contributed by atoms with E-state index in [9.17, 15) is 4.79 Å². The van der Waals surface area contributed by atoms with Crippen LogP contribution in [0.5, 0.6) is 11.5 Å². The van der Waals surface area contributed by atoms with Gasteiger partial charge in [-0.15, -0.1) is 15.3 Å². The Morgan fingerprint density at radius 1 is 1.10 bits per heavy atom. The molecule has 2 heterocycles. The smallest absolute Gasteiger partial charge is 0.264 e. The number of ether oxygens (including phenoxy) is 2. The number of amides is 1. The zero-order valence-corrected chi connectivity index (χ0v) is 17.7. The summed E-state index contributed by atoms with van der Waals surface area (Å²) in [6, 6.07) is 13.4. The molecule has 30 heavy (non-hydrogen) atoms. The lowest BCUT2D eigenvalue weighted by atomic mass is 10.1. The molecule has 154 valence electrons. The summed E-state index contributed by atoms with van der Waals surface area (Å²) < 4.78 is 12.7. The molecule has 0 spiro atoms. The van der Waals surface area contributed by atoms with Crippen molar-refractivity contribution >= 4 is 27.3 Å². The molecule has 0 radical (unpaired) electrons. The third kappa shape index (κ3) is 4.25. The van der Waals surface area contributed by atoms with Crippen molar-refractivity contribution in [3.05, 3.63) is 53.6 Å². The van der Waals surface area contributed by atoms with Gasteiger partial charge in [0.05, 0.1) is 6.61 Å². The fourth-order valence-electron chi connectivity index (χ4n) is 2.88. The molecule has 0 atom stereocenters. The van der Waals surface area contributed by atoms with Gasteiger partial charge in [-0.2, -0.15) is 4.52 Å². The molecule has 4 rings (SSSR count). The predicted octanol–water partition coefficient (Wildman–Crippen LogP) is 3.89. The van der Waals surface area contributed by atoms with Crippen molar-refractivity contribution < 1.29 is 14.3 Å². The topological polar surface area (TPSA) is 90.6 Å². The highest BCUT2D eigenvalue weighted by Crippen LogP contribution is 2.26. The molecule has 0 fully saturated rings. The Kier molecular flexibility index (Phi) is 5.62. The van der Waals surface area contributed by atoms with E-state index >= 15 is 0 Å². The Hall–Kier alpha value is -3.46. The van der Waals surface area contributed by atoms with Crippen molar-refractivity contribution in [3.8, 4) is 22.9 Å². The van der Waals surface area contributed by atoms with Gasteiger partial charge in [0, 0.05) is 5.56 Å². The van der Waals surface area contributed by atoms with Crippen LogP contribution in [0.2, 0.25) is 0 Å². The van der Waals surface area contributed by atoms with Crippen LogP contribution in [0, 0.1) is 13.8 Å². The van der Waals surface area contributed by atoms with E-state index in [2.05, 4.69) is 20.6 Å². The lowest BCUT2D eigenvalue weighted by molar-refractivity contribution is -0.118. The van der Waals surface area contributed by atoms with Gasteiger partial charge in [-0.25, -0.2) is 0 Å². The summed E-state index contributed by atoms with van der Waals surface area (Å²) in [6.45, 7) is 6.37. The van der Waals surface area contributed by atoms with Crippen LogP contribution in [-0.2, 0) is 4.79 Å². The van der Waals surface area contributed by atoms with E-state index in [0.29, 0.717) is 28.3 Å². The number of rotatable bonds is 7. The van der Waals surface area contributed by atoms with Crippen LogP contribution >= 0.6 is 11.3 Å². The first-order valence-corrected chi connectivity index (χ1v) is 10.3. The molecular formula is C21H21N5O3S. The van der Waals surface area contributed by atoms with Crippen LogP contribution in [0.3, 0.4) is 0 Å². The van der Waals surface area contributed by atoms with Crippen LogP contribution in [0.1, 0.15) is 18.1 Å². The maximum atomic E-state index is 12.3. The standard InChI is InChI=1S/C21H21N5O3S/c1-4-28-16-9-7-15(8-10-16)19-23-24-21-26(19)25-20(30-21)22-18(27)12-29-17-11-13(2)5-6-14(17)3/h5-11H,4,12H2,1-3H3,(H,22,25,27). The molecule has 0 aliphatic carbocycles. The Bertz CT molecular complexity index is 1180. The maximum absolute atomic E-state index is 12.3. The molecule has 0 saturated heterocycles. The van der Waals surface area contributed by atoms with Crippen molar-refractivity contribution in [3.63, 3.8) is 0 Å². The molecule has 2 aromatic heterocycles. The first-order valence-electron chi connectivity index (χ1n) is 9.49. The fraction of sp³-hybridized carbons (Fsp3) is 0.238. The summed E-state index contributed by atoms with van der Waals surface area (Å²) in [5.41, 5.74) is 2.91. The SMILES string of the molecule is CCOc1ccc(-c2nnc3sc(NC(=O)COc4cc(C)ccc4C)nn23)cc1. The minimum Gasteiger partial charge on any atom is -0.494 e. The average molecular weight is 423 g/mol. The third-order valence-electron chi connectivity index (χ3n) is 4.36. The Balaban J connectivity index is 1.45. The minimum absolute atomic E-state index is 0.101. The molecule has 9 heteroatoms. The number of nitrogens with zero attached hydrogens (tertiary/aromatic N) is 4. The van der Waals surface area contributed by atoms with Crippen molar-refractivity contribution in [1.29, 1.82) is 0 Å². The maximum Gasteiger partial charge on any atom is 0.264 e. The molecule has 0 bridgehead atoms. The second-order valence-corrected chi connectivity index (χ2v) is 7.64. The number of carbonyl (C=O) groups excluding carboxylic acids is 1. The lowest BCUT2D eigenvalue weighted by Gasteiger charge is -2.09. The van der Waals surface area contributed by atoms with E-state index in [-0.39, 0.29) is 12.5 Å². The van der Waals surface area contributed by atoms with Gasteiger partial charge in [-0.1, -0.05) is 23.5 Å². The zero-order valence-electron chi connectivity index (χ0n) is 16.9. The number of carbonyl (C=O) groups is 1. The van der Waals surface area contributed by atoms with Crippen LogP contribution in [0.15, 0.2) is 42.5 Å². The van der Waals surface area contributed by atoms with Crippen molar-refractivity contribution in [2.75, 3.05) is 18.5 Å². The summed E-state index contributed by atoms with van der Waals surface area (Å²) >= 11 is 1.25. The van der Waals surface area contributed by atoms with Gasteiger partial charge < -0.3 is 9.47 Å². The predicted molar refractivity (Wildman–Crippen MR) is 115 cm³/mol. The molecule has 2 aromatic carbocycles. The molecule has 0 saturated carbocycles. The monoisotopic (exact) mass is 423 g/mol.